The molecule has 1 fully saturated rings. The van der Waals surface area contributed by atoms with Gasteiger partial charge < -0.3 is 5.32 Å². The molecule has 0 atom stereocenters. The summed E-state index contributed by atoms with van der Waals surface area (Å²) < 4.78 is 0. The van der Waals surface area contributed by atoms with Gasteiger partial charge in [-0.2, -0.15) is 0 Å². The first-order valence-electron chi connectivity index (χ1n) is 8.73. The Bertz CT molecular complexity index is 428. The van der Waals surface area contributed by atoms with E-state index in [9.17, 15) is 0 Å². The number of nitrogens with zero attached hydrogens (tertiary/aromatic N) is 1. The number of hydrogen-bond acceptors (Lipinski definition) is 3. The molecule has 2 rings (SSSR count). The molecule has 0 radical (unpaired) electrons. The van der Waals surface area contributed by atoms with Gasteiger partial charge in [0.25, 0.3) is 0 Å². The van der Waals surface area contributed by atoms with Crippen molar-refractivity contribution in [3.63, 3.8) is 0 Å². The van der Waals surface area contributed by atoms with Gasteiger partial charge in [0.05, 0.1) is 10.7 Å². The first-order chi connectivity index (χ1) is 10.0. The Morgan fingerprint density at radius 3 is 2.33 bits per heavy atom. The monoisotopic (exact) mass is 308 g/mol. The van der Waals surface area contributed by atoms with Gasteiger partial charge in [0, 0.05) is 23.4 Å². The second-order valence-corrected chi connectivity index (χ2v) is 8.28. The molecule has 1 aliphatic carbocycles. The van der Waals surface area contributed by atoms with E-state index in [2.05, 4.69) is 39.9 Å². The molecule has 1 aliphatic rings. The molecular formula is C18H32N2S. The van der Waals surface area contributed by atoms with Gasteiger partial charge in [0.15, 0.2) is 0 Å². The molecule has 21 heavy (non-hydrogen) atoms. The largest absolute Gasteiger partial charge is 0.310 e. The Morgan fingerprint density at radius 2 is 1.81 bits per heavy atom. The summed E-state index contributed by atoms with van der Waals surface area (Å²) in [5, 5.41) is 4.96. The van der Waals surface area contributed by atoms with Gasteiger partial charge in [0.2, 0.25) is 0 Å². The molecule has 2 nitrogen and oxygen atoms in total. The third-order valence-corrected chi connectivity index (χ3v) is 6.12. The van der Waals surface area contributed by atoms with E-state index in [4.69, 9.17) is 4.98 Å². The summed E-state index contributed by atoms with van der Waals surface area (Å²) in [4.78, 5) is 6.44. The van der Waals surface area contributed by atoms with Gasteiger partial charge in [-0.05, 0) is 43.9 Å². The summed E-state index contributed by atoms with van der Waals surface area (Å²) in [5.74, 6) is 2.51. The molecule has 0 aromatic carbocycles. The number of aryl methyl sites for hydroxylation is 1. The van der Waals surface area contributed by atoms with E-state index in [0.717, 1.165) is 30.7 Å². The van der Waals surface area contributed by atoms with Gasteiger partial charge in [-0.15, -0.1) is 11.3 Å². The van der Waals surface area contributed by atoms with Crippen molar-refractivity contribution in [3.05, 3.63) is 15.6 Å². The normalized spacial score (nSPS) is 23.2. The van der Waals surface area contributed by atoms with E-state index >= 15 is 0 Å². The van der Waals surface area contributed by atoms with Crippen molar-refractivity contribution < 1.29 is 0 Å². The second kappa shape index (κ2) is 7.73. The van der Waals surface area contributed by atoms with E-state index in [0.29, 0.717) is 6.04 Å². The van der Waals surface area contributed by atoms with Crippen LogP contribution in [0.4, 0.5) is 0 Å². The zero-order valence-electron chi connectivity index (χ0n) is 14.4. The van der Waals surface area contributed by atoms with Crippen LogP contribution >= 0.6 is 11.3 Å². The van der Waals surface area contributed by atoms with Crippen LogP contribution in [0.2, 0.25) is 0 Å². The number of rotatable bonds is 6. The quantitative estimate of drug-likeness (QED) is 0.787. The Morgan fingerprint density at radius 1 is 1.14 bits per heavy atom. The van der Waals surface area contributed by atoms with Gasteiger partial charge >= 0.3 is 0 Å². The first-order valence-corrected chi connectivity index (χ1v) is 9.54. The fourth-order valence-electron chi connectivity index (χ4n) is 3.32. The van der Waals surface area contributed by atoms with Crippen LogP contribution in [0, 0.1) is 11.8 Å². The molecule has 1 aromatic rings. The summed E-state index contributed by atoms with van der Waals surface area (Å²) in [5.41, 5.74) is 1.33. The average Bonchev–Trinajstić information content (AvgIpc) is 2.88. The summed E-state index contributed by atoms with van der Waals surface area (Å²) >= 11 is 1.97. The topological polar surface area (TPSA) is 24.9 Å². The Hall–Kier alpha value is -0.410. The lowest BCUT2D eigenvalue weighted by molar-refractivity contribution is 0.258. The molecule has 0 unspecified atom stereocenters. The number of thiazole rings is 1. The van der Waals surface area contributed by atoms with Crippen LogP contribution in [0.3, 0.4) is 0 Å². The molecule has 1 saturated carbocycles. The Kier molecular flexibility index (Phi) is 6.24. The van der Waals surface area contributed by atoms with Crippen LogP contribution in [0.5, 0.6) is 0 Å². The molecule has 120 valence electrons. The molecule has 1 heterocycles. The zero-order chi connectivity index (χ0) is 15.4. The van der Waals surface area contributed by atoms with Gasteiger partial charge in [-0.1, -0.05) is 34.6 Å². The maximum absolute atomic E-state index is 4.98. The summed E-state index contributed by atoms with van der Waals surface area (Å²) in [7, 11) is 0. The number of aromatic nitrogens is 1. The Labute approximate surface area is 134 Å². The van der Waals surface area contributed by atoms with Crippen molar-refractivity contribution in [2.75, 3.05) is 0 Å². The fourth-order valence-corrected chi connectivity index (χ4v) is 4.60. The van der Waals surface area contributed by atoms with E-state index < -0.39 is 0 Å². The molecule has 0 spiro atoms. The van der Waals surface area contributed by atoms with Crippen molar-refractivity contribution in [3.8, 4) is 0 Å². The lowest BCUT2D eigenvalue weighted by Gasteiger charge is -2.29. The van der Waals surface area contributed by atoms with Crippen LogP contribution in [0.15, 0.2) is 0 Å². The predicted molar refractivity (Wildman–Crippen MR) is 93.0 cm³/mol. The van der Waals surface area contributed by atoms with E-state index in [-0.39, 0.29) is 0 Å². The molecule has 0 aliphatic heterocycles. The van der Waals surface area contributed by atoms with Crippen molar-refractivity contribution >= 4 is 11.3 Å². The molecule has 0 bridgehead atoms. The van der Waals surface area contributed by atoms with Crippen molar-refractivity contribution in [1.82, 2.24) is 10.3 Å². The predicted octanol–water partition coefficient (Wildman–Crippen LogP) is 5.13. The molecular weight excluding hydrogens is 276 g/mol. The lowest BCUT2D eigenvalue weighted by Crippen LogP contribution is -2.21. The maximum Gasteiger partial charge on any atom is 0.0962 e. The maximum atomic E-state index is 4.98. The Balaban J connectivity index is 2.00. The average molecular weight is 309 g/mol. The van der Waals surface area contributed by atoms with Crippen LogP contribution in [-0.2, 0) is 13.0 Å². The zero-order valence-corrected chi connectivity index (χ0v) is 15.2. The molecule has 3 heteroatoms. The minimum Gasteiger partial charge on any atom is -0.310 e. The van der Waals surface area contributed by atoms with Gasteiger partial charge in [-0.25, -0.2) is 4.98 Å². The summed E-state index contributed by atoms with van der Waals surface area (Å²) in [6.45, 7) is 12.4. The highest BCUT2D eigenvalue weighted by Crippen LogP contribution is 2.40. The molecule has 0 amide bonds. The summed E-state index contributed by atoms with van der Waals surface area (Å²) in [6, 6.07) is 0.543. The van der Waals surface area contributed by atoms with Crippen LogP contribution < -0.4 is 5.32 Å². The van der Waals surface area contributed by atoms with Crippen LogP contribution in [0.1, 0.15) is 81.8 Å². The smallest absolute Gasteiger partial charge is 0.0962 e. The van der Waals surface area contributed by atoms with E-state index in [1.54, 1.807) is 0 Å². The highest BCUT2D eigenvalue weighted by molar-refractivity contribution is 7.11. The van der Waals surface area contributed by atoms with E-state index in [1.165, 1.54) is 41.3 Å². The minimum atomic E-state index is 0.543. The first kappa shape index (κ1) is 17.0. The molecule has 1 aromatic heterocycles. The molecule has 1 N–H and O–H groups in total. The van der Waals surface area contributed by atoms with Crippen molar-refractivity contribution in [1.29, 1.82) is 0 Å². The summed E-state index contributed by atoms with van der Waals surface area (Å²) in [6.07, 6.45) is 6.53. The highest BCUT2D eigenvalue weighted by Gasteiger charge is 2.26. The van der Waals surface area contributed by atoms with Gasteiger partial charge in [-0.3, -0.25) is 0 Å². The van der Waals surface area contributed by atoms with Crippen LogP contribution in [-0.4, -0.2) is 11.0 Å². The second-order valence-electron chi connectivity index (χ2n) is 7.17. The van der Waals surface area contributed by atoms with Crippen molar-refractivity contribution in [2.45, 2.75) is 85.2 Å². The standard InChI is InChI=1S/C18H32N2S/c1-6-16-17(11-19-13(4)5)21-18(20-16)15-9-7-14(8-10-15)12(2)3/h12-15,19H,6-11H2,1-5H3. The van der Waals surface area contributed by atoms with Gasteiger partial charge in [0.1, 0.15) is 0 Å². The lowest BCUT2D eigenvalue weighted by atomic mass is 9.77. The fraction of sp³-hybridized carbons (Fsp3) is 0.833. The third-order valence-electron chi connectivity index (χ3n) is 4.86. The highest BCUT2D eigenvalue weighted by atomic mass is 32.1. The SMILES string of the molecule is CCc1nc(C2CCC(C(C)C)CC2)sc1CNC(C)C. The number of hydrogen-bond donors (Lipinski definition) is 1. The van der Waals surface area contributed by atoms with Crippen LogP contribution in [0.25, 0.3) is 0 Å². The minimum absolute atomic E-state index is 0.543. The molecule has 0 saturated heterocycles. The number of nitrogens with one attached hydrogen (secondary N) is 1. The van der Waals surface area contributed by atoms with Crippen molar-refractivity contribution in [2.24, 2.45) is 11.8 Å². The third kappa shape index (κ3) is 4.53. The van der Waals surface area contributed by atoms with E-state index in [1.807, 2.05) is 11.3 Å².